The van der Waals surface area contributed by atoms with E-state index in [4.69, 9.17) is 0 Å². The van der Waals surface area contributed by atoms with Crippen molar-refractivity contribution < 1.29 is 18.0 Å². The largest absolute Gasteiger partial charge is 0.425 e. The Bertz CT molecular complexity index is 827. The normalized spacial score (nSPS) is 20.9. The number of aryl methyl sites for hydroxylation is 2. The molecule has 1 fully saturated rings. The van der Waals surface area contributed by atoms with Crippen molar-refractivity contribution in [2.24, 2.45) is 0 Å². The summed E-state index contributed by atoms with van der Waals surface area (Å²) in [6.45, 7) is 7.40. The number of halogens is 3. The average Bonchev–Trinajstić information content (AvgIpc) is 2.55. The number of benzene rings is 2. The molecule has 1 saturated heterocycles. The van der Waals surface area contributed by atoms with Crippen LogP contribution in [-0.2, 0) is 4.87 Å². The molecular weight excluding hydrogens is 361 g/mol. The quantitative estimate of drug-likeness (QED) is 0.753. The van der Waals surface area contributed by atoms with Crippen molar-refractivity contribution in [1.29, 1.82) is 0 Å². The maximum atomic E-state index is 14.0. The predicted octanol–water partition coefficient (Wildman–Crippen LogP) is 5.45. The fourth-order valence-electron chi connectivity index (χ4n) is 2.73. The Morgan fingerprint density at radius 1 is 1.00 bits per heavy atom. The molecule has 136 valence electrons. The van der Waals surface area contributed by atoms with Gasteiger partial charge in [-0.1, -0.05) is 65.9 Å². The Kier molecular flexibility index (Phi) is 4.52. The van der Waals surface area contributed by atoms with E-state index in [1.807, 2.05) is 6.92 Å². The minimum atomic E-state index is -4.70. The highest BCUT2D eigenvalue weighted by atomic mass is 32.2. The fraction of sp³-hybridized carbons (Fsp3) is 0.211. The summed E-state index contributed by atoms with van der Waals surface area (Å²) in [6, 6.07) is 12.0. The highest BCUT2D eigenvalue weighted by molar-refractivity contribution is 8.04. The molecule has 1 aliphatic heterocycles. The minimum Gasteiger partial charge on any atom is -0.311 e. The second-order valence-electron chi connectivity index (χ2n) is 6.14. The average molecular weight is 378 g/mol. The van der Waals surface area contributed by atoms with Gasteiger partial charge in [0.25, 0.3) is 0 Å². The van der Waals surface area contributed by atoms with Gasteiger partial charge in [-0.25, -0.2) is 4.79 Å². The summed E-state index contributed by atoms with van der Waals surface area (Å²) in [5.74, 6) is 0. The van der Waals surface area contributed by atoms with E-state index in [1.54, 1.807) is 43.3 Å². The third-order valence-corrected chi connectivity index (χ3v) is 5.45. The number of alkyl halides is 3. The lowest BCUT2D eigenvalue weighted by Gasteiger charge is -2.43. The molecular formula is C19H17F3N2OS. The number of hydrogen-bond acceptors (Lipinski definition) is 2. The number of rotatable bonds is 2. The lowest BCUT2D eigenvalue weighted by molar-refractivity contribution is -0.167. The number of carbonyl (C=O) groups is 1. The van der Waals surface area contributed by atoms with Crippen LogP contribution in [0.15, 0.2) is 60.1 Å². The number of nitrogens with one attached hydrogen (secondary N) is 1. The number of amides is 2. The third-order valence-electron chi connectivity index (χ3n) is 4.16. The van der Waals surface area contributed by atoms with Gasteiger partial charge in [-0.05, 0) is 31.5 Å². The molecule has 2 amide bonds. The van der Waals surface area contributed by atoms with Crippen molar-refractivity contribution in [2.75, 3.05) is 4.90 Å². The number of thioether (sulfide) groups is 1. The van der Waals surface area contributed by atoms with Gasteiger partial charge in [0, 0.05) is 0 Å². The second kappa shape index (κ2) is 6.39. The van der Waals surface area contributed by atoms with Gasteiger partial charge in [0.2, 0.25) is 4.87 Å². The summed E-state index contributed by atoms with van der Waals surface area (Å²) in [7, 11) is 0. The van der Waals surface area contributed by atoms with Gasteiger partial charge in [0.15, 0.2) is 0 Å². The molecule has 2 aromatic rings. The molecule has 1 N–H and O–H groups in total. The van der Waals surface area contributed by atoms with Crippen LogP contribution in [0.5, 0.6) is 0 Å². The van der Waals surface area contributed by atoms with Crippen LogP contribution in [0.2, 0.25) is 0 Å². The van der Waals surface area contributed by atoms with Gasteiger partial charge in [-0.15, -0.1) is 0 Å². The third kappa shape index (κ3) is 3.07. The van der Waals surface area contributed by atoms with Crippen LogP contribution in [0, 0.1) is 13.8 Å². The molecule has 0 aromatic heterocycles. The van der Waals surface area contributed by atoms with Crippen LogP contribution < -0.4 is 10.2 Å². The van der Waals surface area contributed by atoms with E-state index in [-0.39, 0.29) is 10.6 Å². The zero-order valence-corrected chi connectivity index (χ0v) is 15.0. The van der Waals surface area contributed by atoms with E-state index < -0.39 is 17.1 Å². The topological polar surface area (TPSA) is 32.3 Å². The summed E-state index contributed by atoms with van der Waals surface area (Å²) in [6.07, 6.45) is -4.70. The molecule has 1 heterocycles. The number of carbonyl (C=O) groups excluding carboxylic acids is 1. The summed E-state index contributed by atoms with van der Waals surface area (Å²) in [5.41, 5.74) is 2.23. The minimum absolute atomic E-state index is 0.00973. The zero-order chi connectivity index (χ0) is 19.1. The van der Waals surface area contributed by atoms with E-state index in [0.29, 0.717) is 17.4 Å². The number of nitrogens with zero attached hydrogens (tertiary/aromatic N) is 1. The monoisotopic (exact) mass is 378 g/mol. The van der Waals surface area contributed by atoms with Gasteiger partial charge >= 0.3 is 12.2 Å². The smallest absolute Gasteiger partial charge is 0.311 e. The van der Waals surface area contributed by atoms with E-state index in [2.05, 4.69) is 11.9 Å². The Morgan fingerprint density at radius 3 is 1.96 bits per heavy atom. The lowest BCUT2D eigenvalue weighted by atomic mass is 10.0. The fourth-order valence-corrected chi connectivity index (χ4v) is 3.88. The van der Waals surface area contributed by atoms with Gasteiger partial charge in [-0.3, -0.25) is 4.90 Å². The van der Waals surface area contributed by atoms with Crippen LogP contribution in [-0.4, -0.2) is 12.2 Å². The zero-order valence-electron chi connectivity index (χ0n) is 14.2. The van der Waals surface area contributed by atoms with Gasteiger partial charge in [-0.2, -0.15) is 13.2 Å². The molecule has 0 aliphatic carbocycles. The van der Waals surface area contributed by atoms with Crippen molar-refractivity contribution in [3.05, 3.63) is 76.8 Å². The molecule has 0 bridgehead atoms. The molecule has 0 spiro atoms. The molecule has 1 aliphatic rings. The lowest BCUT2D eigenvalue weighted by Crippen LogP contribution is -2.60. The molecule has 3 rings (SSSR count). The van der Waals surface area contributed by atoms with Crippen molar-refractivity contribution in [3.63, 3.8) is 0 Å². The highest BCUT2D eigenvalue weighted by Crippen LogP contribution is 2.53. The molecule has 26 heavy (non-hydrogen) atoms. The van der Waals surface area contributed by atoms with E-state index in [0.717, 1.165) is 16.0 Å². The van der Waals surface area contributed by atoms with Crippen molar-refractivity contribution in [1.82, 2.24) is 5.32 Å². The number of hydrogen-bond donors (Lipinski definition) is 1. The first-order chi connectivity index (χ1) is 12.1. The number of urea groups is 1. The first-order valence-electron chi connectivity index (χ1n) is 7.85. The van der Waals surface area contributed by atoms with Crippen molar-refractivity contribution in [3.8, 4) is 0 Å². The Hall–Kier alpha value is -2.41. The summed E-state index contributed by atoms with van der Waals surface area (Å²) >= 11 is 0.485. The Balaban J connectivity index is 2.03. The Morgan fingerprint density at radius 2 is 1.50 bits per heavy atom. The van der Waals surface area contributed by atoms with Crippen molar-refractivity contribution in [2.45, 2.75) is 24.9 Å². The standard InChI is InChI=1S/C19H17F3N2OS/c1-12-4-8-15(9-5-12)18(19(20,21)22)23-17(25)24(14(3)26-18)16-10-6-13(2)7-11-16/h4-11H,3H2,1-2H3,(H,23,25)/t18-/m1/s1. The van der Waals surface area contributed by atoms with Gasteiger partial charge in [0.1, 0.15) is 0 Å². The van der Waals surface area contributed by atoms with Crippen LogP contribution >= 0.6 is 11.8 Å². The van der Waals surface area contributed by atoms with Gasteiger partial charge < -0.3 is 5.32 Å². The maximum Gasteiger partial charge on any atom is 0.425 e. The number of anilines is 1. The van der Waals surface area contributed by atoms with Gasteiger partial charge in [0.05, 0.1) is 10.7 Å². The summed E-state index contributed by atoms with van der Waals surface area (Å²) in [5, 5.41) is 2.17. The second-order valence-corrected chi connectivity index (χ2v) is 7.43. The first kappa shape index (κ1) is 18.4. The van der Waals surface area contributed by atoms with Crippen molar-refractivity contribution >= 4 is 23.5 Å². The summed E-state index contributed by atoms with van der Waals surface area (Å²) < 4.78 is 42.0. The molecule has 0 unspecified atom stereocenters. The molecule has 1 atom stereocenters. The Labute approximate surface area is 153 Å². The van der Waals surface area contributed by atoms with Crippen LogP contribution in [0.3, 0.4) is 0 Å². The summed E-state index contributed by atoms with van der Waals surface area (Å²) in [4.78, 5) is 11.2. The molecule has 0 radical (unpaired) electrons. The first-order valence-corrected chi connectivity index (χ1v) is 8.66. The molecule has 2 aromatic carbocycles. The van der Waals surface area contributed by atoms with E-state index in [9.17, 15) is 18.0 Å². The molecule has 0 saturated carbocycles. The predicted molar refractivity (Wildman–Crippen MR) is 97.8 cm³/mol. The maximum absolute atomic E-state index is 14.0. The van der Waals surface area contributed by atoms with Crippen LogP contribution in [0.4, 0.5) is 23.7 Å². The van der Waals surface area contributed by atoms with E-state index >= 15 is 0 Å². The van der Waals surface area contributed by atoms with E-state index in [1.165, 1.54) is 12.1 Å². The van der Waals surface area contributed by atoms with Crippen LogP contribution in [0.1, 0.15) is 16.7 Å². The van der Waals surface area contributed by atoms with Crippen LogP contribution in [0.25, 0.3) is 0 Å². The molecule has 7 heteroatoms. The SMILES string of the molecule is C=C1S[C@](c2ccc(C)cc2)(C(F)(F)F)NC(=O)N1c1ccc(C)cc1. The molecule has 3 nitrogen and oxygen atoms in total. The highest BCUT2D eigenvalue weighted by Gasteiger charge is 2.61.